The maximum Gasteiger partial charge on any atom is 0.408 e. The standard InChI is InChI=1S/C12H22N2O4/c1-12(2,3)18-11(17)13-8-10(16)14-6-4-9(15)5-7-14/h9,15H,4-8H2,1-3H3,(H,13,17). The minimum absolute atomic E-state index is 0.0645. The summed E-state index contributed by atoms with van der Waals surface area (Å²) in [6, 6.07) is 0. The zero-order chi connectivity index (χ0) is 13.8. The number of alkyl carbamates (subject to hydrolysis) is 1. The maximum atomic E-state index is 11.7. The highest BCUT2D eigenvalue weighted by Gasteiger charge is 2.22. The van der Waals surface area contributed by atoms with E-state index >= 15 is 0 Å². The van der Waals surface area contributed by atoms with Gasteiger partial charge < -0.3 is 20.1 Å². The molecule has 1 aliphatic rings. The van der Waals surface area contributed by atoms with Gasteiger partial charge in [-0.1, -0.05) is 0 Å². The van der Waals surface area contributed by atoms with E-state index in [9.17, 15) is 14.7 Å². The summed E-state index contributed by atoms with van der Waals surface area (Å²) >= 11 is 0. The van der Waals surface area contributed by atoms with Crippen LogP contribution in [0.25, 0.3) is 0 Å². The Morgan fingerprint density at radius 1 is 1.33 bits per heavy atom. The topological polar surface area (TPSA) is 78.9 Å². The maximum absolute atomic E-state index is 11.7. The van der Waals surface area contributed by atoms with Crippen molar-refractivity contribution >= 4 is 12.0 Å². The fourth-order valence-corrected chi connectivity index (χ4v) is 1.69. The molecule has 0 atom stereocenters. The minimum atomic E-state index is -0.590. The molecule has 0 spiro atoms. The normalized spacial score (nSPS) is 17.4. The first-order valence-electron chi connectivity index (χ1n) is 6.20. The Labute approximate surface area is 107 Å². The molecular weight excluding hydrogens is 236 g/mol. The lowest BCUT2D eigenvalue weighted by atomic mass is 10.1. The van der Waals surface area contributed by atoms with Gasteiger partial charge in [-0.15, -0.1) is 0 Å². The molecular formula is C12H22N2O4. The molecule has 0 radical (unpaired) electrons. The highest BCUT2D eigenvalue weighted by Crippen LogP contribution is 2.10. The number of carbonyl (C=O) groups is 2. The van der Waals surface area contributed by atoms with Gasteiger partial charge in [0, 0.05) is 13.1 Å². The summed E-state index contributed by atoms with van der Waals surface area (Å²) in [7, 11) is 0. The number of nitrogens with one attached hydrogen (secondary N) is 1. The first kappa shape index (κ1) is 14.8. The average Bonchev–Trinajstić information content (AvgIpc) is 2.24. The van der Waals surface area contributed by atoms with Crippen molar-refractivity contribution in [2.45, 2.75) is 45.3 Å². The van der Waals surface area contributed by atoms with Crippen molar-refractivity contribution in [2.24, 2.45) is 0 Å². The van der Waals surface area contributed by atoms with Crippen molar-refractivity contribution < 1.29 is 19.4 Å². The van der Waals surface area contributed by atoms with Crippen molar-refractivity contribution in [3.8, 4) is 0 Å². The molecule has 1 fully saturated rings. The van der Waals surface area contributed by atoms with E-state index in [0.29, 0.717) is 25.9 Å². The summed E-state index contributed by atoms with van der Waals surface area (Å²) in [4.78, 5) is 24.7. The van der Waals surface area contributed by atoms with Crippen molar-refractivity contribution in [3.63, 3.8) is 0 Å². The van der Waals surface area contributed by atoms with Crippen LogP contribution >= 0.6 is 0 Å². The number of amides is 2. The minimum Gasteiger partial charge on any atom is -0.444 e. The second-order valence-corrected chi connectivity index (χ2v) is 5.47. The molecule has 0 saturated carbocycles. The Bertz CT molecular complexity index is 304. The summed E-state index contributed by atoms with van der Waals surface area (Å²) in [6.07, 6.45) is 0.289. The number of nitrogens with zero attached hydrogens (tertiary/aromatic N) is 1. The molecule has 0 aromatic rings. The highest BCUT2D eigenvalue weighted by molar-refractivity contribution is 5.82. The van der Waals surface area contributed by atoms with Crippen LogP contribution in [0.15, 0.2) is 0 Å². The number of aliphatic hydroxyl groups is 1. The van der Waals surface area contributed by atoms with E-state index in [-0.39, 0.29) is 18.6 Å². The Morgan fingerprint density at radius 3 is 2.39 bits per heavy atom. The van der Waals surface area contributed by atoms with Crippen molar-refractivity contribution in [1.29, 1.82) is 0 Å². The number of hydrogen-bond acceptors (Lipinski definition) is 4. The quantitative estimate of drug-likeness (QED) is 0.755. The van der Waals surface area contributed by atoms with E-state index in [1.165, 1.54) is 0 Å². The van der Waals surface area contributed by atoms with Crippen LogP contribution in [0.5, 0.6) is 0 Å². The van der Waals surface area contributed by atoms with Crippen LogP contribution in [0.4, 0.5) is 4.79 Å². The first-order valence-corrected chi connectivity index (χ1v) is 6.20. The monoisotopic (exact) mass is 258 g/mol. The second kappa shape index (κ2) is 6.04. The van der Waals surface area contributed by atoms with Crippen LogP contribution in [-0.2, 0) is 9.53 Å². The van der Waals surface area contributed by atoms with Gasteiger partial charge in [0.25, 0.3) is 0 Å². The van der Waals surface area contributed by atoms with Crippen LogP contribution in [0.1, 0.15) is 33.6 Å². The molecule has 0 aromatic carbocycles. The third-order valence-electron chi connectivity index (χ3n) is 2.60. The summed E-state index contributed by atoms with van der Waals surface area (Å²) in [6.45, 7) is 6.30. The largest absolute Gasteiger partial charge is 0.444 e. The smallest absolute Gasteiger partial charge is 0.408 e. The molecule has 2 amide bonds. The van der Waals surface area contributed by atoms with Crippen LogP contribution in [0.3, 0.4) is 0 Å². The van der Waals surface area contributed by atoms with Gasteiger partial charge in [0.05, 0.1) is 6.10 Å². The fraction of sp³-hybridized carbons (Fsp3) is 0.833. The van der Waals surface area contributed by atoms with E-state index < -0.39 is 11.7 Å². The molecule has 1 rings (SSSR count). The van der Waals surface area contributed by atoms with Crippen molar-refractivity contribution in [1.82, 2.24) is 10.2 Å². The lowest BCUT2D eigenvalue weighted by molar-refractivity contribution is -0.132. The number of likely N-dealkylation sites (tertiary alicyclic amines) is 1. The van der Waals surface area contributed by atoms with Gasteiger partial charge in [-0.05, 0) is 33.6 Å². The zero-order valence-electron chi connectivity index (χ0n) is 11.2. The molecule has 2 N–H and O–H groups in total. The predicted molar refractivity (Wildman–Crippen MR) is 66.1 cm³/mol. The Hall–Kier alpha value is -1.30. The van der Waals surface area contributed by atoms with Crippen LogP contribution in [0, 0.1) is 0 Å². The van der Waals surface area contributed by atoms with Crippen molar-refractivity contribution in [2.75, 3.05) is 19.6 Å². The van der Waals surface area contributed by atoms with Gasteiger partial charge >= 0.3 is 6.09 Å². The third-order valence-corrected chi connectivity index (χ3v) is 2.60. The molecule has 104 valence electrons. The average molecular weight is 258 g/mol. The van der Waals surface area contributed by atoms with Gasteiger partial charge in [0.2, 0.25) is 5.91 Å². The van der Waals surface area contributed by atoms with E-state index in [2.05, 4.69) is 5.32 Å². The number of carbonyl (C=O) groups excluding carboxylic acids is 2. The van der Waals surface area contributed by atoms with Crippen LogP contribution in [-0.4, -0.2) is 53.3 Å². The van der Waals surface area contributed by atoms with E-state index in [0.717, 1.165) is 0 Å². The SMILES string of the molecule is CC(C)(C)OC(=O)NCC(=O)N1CCC(O)CC1. The van der Waals surface area contributed by atoms with E-state index in [1.807, 2.05) is 0 Å². The molecule has 6 nitrogen and oxygen atoms in total. The van der Waals surface area contributed by atoms with Gasteiger partial charge in [0.1, 0.15) is 12.1 Å². The fourth-order valence-electron chi connectivity index (χ4n) is 1.69. The number of piperidine rings is 1. The first-order chi connectivity index (χ1) is 8.28. The van der Waals surface area contributed by atoms with E-state index in [1.54, 1.807) is 25.7 Å². The lowest BCUT2D eigenvalue weighted by Crippen LogP contribution is -2.45. The zero-order valence-corrected chi connectivity index (χ0v) is 11.2. The lowest BCUT2D eigenvalue weighted by Gasteiger charge is -2.29. The van der Waals surface area contributed by atoms with Gasteiger partial charge in [0.15, 0.2) is 0 Å². The number of rotatable bonds is 2. The third kappa shape index (κ3) is 5.35. The molecule has 6 heteroatoms. The summed E-state index contributed by atoms with van der Waals surface area (Å²) in [5.74, 6) is -0.146. The van der Waals surface area contributed by atoms with Crippen LogP contribution in [0.2, 0.25) is 0 Å². The Balaban J connectivity index is 2.27. The molecule has 1 aliphatic heterocycles. The predicted octanol–water partition coefficient (Wildman–Crippen LogP) is 0.494. The molecule has 0 aromatic heterocycles. The molecule has 1 heterocycles. The molecule has 1 saturated heterocycles. The molecule has 0 aliphatic carbocycles. The second-order valence-electron chi connectivity index (χ2n) is 5.47. The van der Waals surface area contributed by atoms with Gasteiger partial charge in [-0.3, -0.25) is 4.79 Å². The van der Waals surface area contributed by atoms with Crippen LogP contribution < -0.4 is 5.32 Å². The summed E-state index contributed by atoms with van der Waals surface area (Å²) in [5, 5.41) is 11.8. The number of ether oxygens (including phenoxy) is 1. The molecule has 0 bridgehead atoms. The van der Waals surface area contributed by atoms with E-state index in [4.69, 9.17) is 4.74 Å². The summed E-state index contributed by atoms with van der Waals surface area (Å²) < 4.78 is 5.03. The van der Waals surface area contributed by atoms with Gasteiger partial charge in [-0.25, -0.2) is 4.79 Å². The molecule has 18 heavy (non-hydrogen) atoms. The number of aliphatic hydroxyl groups excluding tert-OH is 1. The molecule has 0 unspecified atom stereocenters. The number of hydrogen-bond donors (Lipinski definition) is 2. The van der Waals surface area contributed by atoms with Crippen molar-refractivity contribution in [3.05, 3.63) is 0 Å². The Kier molecular flexibility index (Phi) is 4.95. The Morgan fingerprint density at radius 2 is 1.89 bits per heavy atom. The summed E-state index contributed by atoms with van der Waals surface area (Å²) in [5.41, 5.74) is -0.567. The van der Waals surface area contributed by atoms with Gasteiger partial charge in [-0.2, -0.15) is 0 Å². The highest BCUT2D eigenvalue weighted by atomic mass is 16.6.